The van der Waals surface area contributed by atoms with Crippen molar-refractivity contribution in [3.63, 3.8) is 0 Å². The van der Waals surface area contributed by atoms with Crippen molar-refractivity contribution in [3.8, 4) is 17.2 Å². The maximum absolute atomic E-state index is 13.7. The summed E-state index contributed by atoms with van der Waals surface area (Å²) >= 11 is 0. The zero-order valence-electron chi connectivity index (χ0n) is 14.1. The number of halogens is 1. The lowest BCUT2D eigenvalue weighted by molar-refractivity contribution is 0.0527. The number of nitrogens with zero attached hydrogens (tertiary/aromatic N) is 1. The quantitative estimate of drug-likeness (QED) is 0.550. The third-order valence-electron chi connectivity index (χ3n) is 4.06. The fourth-order valence-corrected chi connectivity index (χ4v) is 2.89. The van der Waals surface area contributed by atoms with Crippen LogP contribution in [0.15, 0.2) is 36.5 Å². The van der Waals surface area contributed by atoms with Gasteiger partial charge in [0.25, 0.3) is 0 Å². The Morgan fingerprint density at radius 1 is 1.27 bits per heavy atom. The van der Waals surface area contributed by atoms with Gasteiger partial charge < -0.3 is 19.5 Å². The first-order valence-corrected chi connectivity index (χ1v) is 8.03. The minimum atomic E-state index is -0.503. The van der Waals surface area contributed by atoms with Crippen molar-refractivity contribution in [3.05, 3.63) is 47.9 Å². The number of hydrogen-bond donors (Lipinski definition) is 1. The number of rotatable bonds is 3. The molecule has 0 aliphatic carbocycles. The fraction of sp³-hybridized carbons (Fsp3) is 0.158. The van der Waals surface area contributed by atoms with Crippen LogP contribution in [0.4, 0.5) is 15.8 Å². The molecule has 2 heterocycles. The number of carbonyl (C=O) groups excluding carboxylic acids is 1. The molecule has 26 heavy (non-hydrogen) atoms. The summed E-state index contributed by atoms with van der Waals surface area (Å²) in [5.41, 5.74) is 1.87. The summed E-state index contributed by atoms with van der Waals surface area (Å²) in [6.07, 6.45) is 1.44. The van der Waals surface area contributed by atoms with Crippen molar-refractivity contribution in [2.24, 2.45) is 0 Å². The Kier molecular flexibility index (Phi) is 3.84. The van der Waals surface area contributed by atoms with Gasteiger partial charge in [0.1, 0.15) is 22.9 Å². The molecule has 2 aromatic carbocycles. The summed E-state index contributed by atoms with van der Waals surface area (Å²) in [6.45, 7) is 1.97. The highest BCUT2D eigenvalue weighted by Gasteiger charge is 2.25. The van der Waals surface area contributed by atoms with Crippen molar-refractivity contribution >= 4 is 28.2 Å². The van der Waals surface area contributed by atoms with E-state index in [4.69, 9.17) is 14.2 Å². The highest BCUT2D eigenvalue weighted by molar-refractivity contribution is 6.09. The first-order chi connectivity index (χ1) is 12.6. The topological polar surface area (TPSA) is 69.7 Å². The van der Waals surface area contributed by atoms with Gasteiger partial charge in [-0.2, -0.15) is 0 Å². The molecule has 0 saturated carbocycles. The van der Waals surface area contributed by atoms with Crippen LogP contribution in [0, 0.1) is 5.82 Å². The van der Waals surface area contributed by atoms with E-state index in [1.165, 1.54) is 25.4 Å². The number of benzene rings is 2. The van der Waals surface area contributed by atoms with Gasteiger partial charge in [-0.15, -0.1) is 0 Å². The molecule has 0 bridgehead atoms. The van der Waals surface area contributed by atoms with E-state index >= 15 is 0 Å². The summed E-state index contributed by atoms with van der Waals surface area (Å²) < 4.78 is 30.0. The Bertz CT molecular complexity index is 1040. The molecule has 1 N–H and O–H groups in total. The number of fused-ring (bicyclic) bond motifs is 1. The van der Waals surface area contributed by atoms with Crippen LogP contribution in [0.1, 0.15) is 17.3 Å². The van der Waals surface area contributed by atoms with Gasteiger partial charge in [-0.05, 0) is 19.1 Å². The standard InChI is InChI=1S/C19H15FN2O4/c1-3-25-19(23)12-9-21-14-7-11(24-2)8-16-17(14)18(12)22-13-5-4-10(20)6-15(13)26-16/h4-9,22H,3H2,1-2H3. The highest BCUT2D eigenvalue weighted by atomic mass is 19.1. The molecule has 1 aromatic heterocycles. The predicted molar refractivity (Wildman–Crippen MR) is 94.0 cm³/mol. The second-order valence-electron chi connectivity index (χ2n) is 5.65. The Balaban J connectivity index is 2.02. The normalized spacial score (nSPS) is 11.8. The molecule has 132 valence electrons. The van der Waals surface area contributed by atoms with Crippen molar-refractivity contribution in [1.82, 2.24) is 4.98 Å². The summed E-state index contributed by atoms with van der Waals surface area (Å²) in [5.74, 6) is 0.307. The van der Waals surface area contributed by atoms with Gasteiger partial charge >= 0.3 is 5.97 Å². The molecule has 0 atom stereocenters. The molecular weight excluding hydrogens is 339 g/mol. The summed E-state index contributed by atoms with van der Waals surface area (Å²) in [6, 6.07) is 7.54. The van der Waals surface area contributed by atoms with Gasteiger partial charge in [-0.25, -0.2) is 9.18 Å². The van der Waals surface area contributed by atoms with Crippen LogP contribution in [0.25, 0.3) is 10.9 Å². The molecule has 0 fully saturated rings. The van der Waals surface area contributed by atoms with Crippen LogP contribution in [-0.2, 0) is 4.74 Å². The van der Waals surface area contributed by atoms with E-state index in [9.17, 15) is 9.18 Å². The maximum atomic E-state index is 13.7. The van der Waals surface area contributed by atoms with E-state index in [1.807, 2.05) is 0 Å². The average Bonchev–Trinajstić information content (AvgIpc) is 2.79. The molecule has 0 unspecified atom stereocenters. The van der Waals surface area contributed by atoms with E-state index in [-0.39, 0.29) is 12.2 Å². The number of aromatic nitrogens is 1. The first-order valence-electron chi connectivity index (χ1n) is 8.03. The lowest BCUT2D eigenvalue weighted by atomic mass is 10.1. The van der Waals surface area contributed by atoms with Crippen molar-refractivity contribution < 1.29 is 23.4 Å². The largest absolute Gasteiger partial charge is 0.497 e. The molecule has 0 radical (unpaired) electrons. The van der Waals surface area contributed by atoms with Crippen molar-refractivity contribution in [2.45, 2.75) is 6.92 Å². The number of methoxy groups -OCH3 is 1. The van der Waals surface area contributed by atoms with Gasteiger partial charge in [-0.3, -0.25) is 4.98 Å². The van der Waals surface area contributed by atoms with Gasteiger partial charge in [0, 0.05) is 24.4 Å². The summed E-state index contributed by atoms with van der Waals surface area (Å²) in [4.78, 5) is 16.7. The summed E-state index contributed by atoms with van der Waals surface area (Å²) in [7, 11) is 1.53. The van der Waals surface area contributed by atoms with Crippen molar-refractivity contribution in [2.75, 3.05) is 19.0 Å². The smallest absolute Gasteiger partial charge is 0.341 e. The Morgan fingerprint density at radius 2 is 2.12 bits per heavy atom. The number of esters is 1. The molecule has 7 heteroatoms. The molecular formula is C19H15FN2O4. The summed E-state index contributed by atoms with van der Waals surface area (Å²) in [5, 5.41) is 3.76. The predicted octanol–water partition coefficient (Wildman–Crippen LogP) is 4.41. The number of carbonyl (C=O) groups is 1. The number of nitrogens with one attached hydrogen (secondary N) is 1. The third kappa shape index (κ3) is 2.57. The van der Waals surface area contributed by atoms with Gasteiger partial charge in [-0.1, -0.05) is 0 Å². The van der Waals surface area contributed by atoms with Crippen molar-refractivity contribution in [1.29, 1.82) is 0 Å². The van der Waals surface area contributed by atoms with Crippen LogP contribution < -0.4 is 14.8 Å². The monoisotopic (exact) mass is 354 g/mol. The molecule has 1 aliphatic rings. The molecule has 6 nitrogen and oxygen atoms in total. The Labute approximate surface area is 148 Å². The zero-order chi connectivity index (χ0) is 18.3. The van der Waals surface area contributed by atoms with Crippen LogP contribution in [-0.4, -0.2) is 24.7 Å². The second-order valence-corrected chi connectivity index (χ2v) is 5.65. The van der Waals surface area contributed by atoms with Crippen LogP contribution in [0.3, 0.4) is 0 Å². The Morgan fingerprint density at radius 3 is 2.88 bits per heavy atom. The van der Waals surface area contributed by atoms with Crippen LogP contribution in [0.5, 0.6) is 17.2 Å². The number of hydrogen-bond acceptors (Lipinski definition) is 6. The maximum Gasteiger partial charge on any atom is 0.341 e. The molecule has 0 amide bonds. The second kappa shape index (κ2) is 6.18. The molecule has 1 aliphatic heterocycles. The first kappa shape index (κ1) is 16.1. The third-order valence-corrected chi connectivity index (χ3v) is 4.06. The van der Waals surface area contributed by atoms with E-state index < -0.39 is 11.8 Å². The fourth-order valence-electron chi connectivity index (χ4n) is 2.89. The van der Waals surface area contributed by atoms with E-state index in [0.717, 1.165) is 0 Å². The van der Waals surface area contributed by atoms with Gasteiger partial charge in [0.15, 0.2) is 5.75 Å². The lowest BCUT2D eigenvalue weighted by Crippen LogP contribution is -2.09. The van der Waals surface area contributed by atoms with Gasteiger partial charge in [0.2, 0.25) is 0 Å². The van der Waals surface area contributed by atoms with Crippen LogP contribution in [0.2, 0.25) is 0 Å². The SMILES string of the molecule is CCOC(=O)c1cnc2cc(OC)cc3c2c1Nc1ccc(F)cc1O3. The Hall–Kier alpha value is -3.35. The lowest BCUT2D eigenvalue weighted by Gasteiger charge is -2.13. The average molecular weight is 354 g/mol. The zero-order valence-corrected chi connectivity index (χ0v) is 14.1. The van der Waals surface area contributed by atoms with E-state index in [2.05, 4.69) is 10.3 Å². The highest BCUT2D eigenvalue weighted by Crippen LogP contribution is 2.45. The number of anilines is 2. The molecule has 0 spiro atoms. The minimum absolute atomic E-state index is 0.240. The molecule has 3 aromatic rings. The molecule has 0 saturated heterocycles. The number of pyridine rings is 1. The minimum Gasteiger partial charge on any atom is -0.497 e. The van der Waals surface area contributed by atoms with E-state index in [0.29, 0.717) is 39.5 Å². The van der Waals surface area contributed by atoms with Crippen LogP contribution >= 0.6 is 0 Å². The number of ether oxygens (including phenoxy) is 3. The molecule has 4 rings (SSSR count). The van der Waals surface area contributed by atoms with E-state index in [1.54, 1.807) is 25.1 Å². The van der Waals surface area contributed by atoms with Gasteiger partial charge in [0.05, 0.1) is 36.0 Å².